The maximum absolute atomic E-state index is 12.0. The molecule has 1 aromatic rings. The Kier molecular flexibility index (Phi) is 3.03. The van der Waals surface area contributed by atoms with Crippen LogP contribution in [0.2, 0.25) is 0 Å². The summed E-state index contributed by atoms with van der Waals surface area (Å²) in [4.78, 5) is 0.322. The highest BCUT2D eigenvalue weighted by atomic mass is 32.2. The molecule has 3 rings (SSSR count). The van der Waals surface area contributed by atoms with Gasteiger partial charge in [0.2, 0.25) is 10.0 Å². The van der Waals surface area contributed by atoms with E-state index in [1.54, 1.807) is 24.3 Å². The molecule has 0 unspecified atom stereocenters. The quantitative estimate of drug-likeness (QED) is 0.727. The third-order valence-electron chi connectivity index (χ3n) is 3.72. The average molecular weight is 281 g/mol. The third kappa shape index (κ3) is 2.91. The number of anilines is 1. The van der Waals surface area contributed by atoms with Crippen LogP contribution in [0.25, 0.3) is 0 Å². The summed E-state index contributed by atoms with van der Waals surface area (Å²) in [6.45, 7) is 0.607. The summed E-state index contributed by atoms with van der Waals surface area (Å²) >= 11 is 0. The summed E-state index contributed by atoms with van der Waals surface area (Å²) in [7, 11) is -3.35. The number of nitrogens with one attached hydrogen (secondary N) is 2. The Labute approximate surface area is 113 Å². The lowest BCUT2D eigenvalue weighted by Crippen LogP contribution is -2.30. The predicted molar refractivity (Wildman–Crippen MR) is 74.4 cm³/mol. The van der Waals surface area contributed by atoms with Gasteiger partial charge in [0.1, 0.15) is 0 Å². The summed E-state index contributed by atoms with van der Waals surface area (Å²) in [5, 5.41) is 3.37. The second-order valence-corrected chi connectivity index (χ2v) is 7.24. The molecule has 0 amide bonds. The van der Waals surface area contributed by atoms with Gasteiger partial charge >= 0.3 is 0 Å². The first-order valence-electron chi connectivity index (χ1n) is 6.64. The Hall–Kier alpha value is -1.11. The standard InChI is InChI=1S/C13H19N3O2S/c14-9-13(7-8-13)15-10-3-5-12(6-4-10)19(17,18)16-11-1-2-11/h3-6,11,15-16H,1-2,7-9,14H2. The van der Waals surface area contributed by atoms with Crippen molar-refractivity contribution in [3.05, 3.63) is 24.3 Å². The first-order chi connectivity index (χ1) is 9.03. The minimum atomic E-state index is -3.35. The minimum absolute atomic E-state index is 0.0344. The predicted octanol–water partition coefficient (Wildman–Crippen LogP) is 1.03. The Morgan fingerprint density at radius 3 is 2.32 bits per heavy atom. The maximum Gasteiger partial charge on any atom is 0.240 e. The van der Waals surface area contributed by atoms with Crippen LogP contribution >= 0.6 is 0 Å². The summed E-state index contributed by atoms with van der Waals surface area (Å²) in [5.41, 5.74) is 6.67. The summed E-state index contributed by atoms with van der Waals surface area (Å²) in [6, 6.07) is 7.02. The van der Waals surface area contributed by atoms with Crippen molar-refractivity contribution in [3.63, 3.8) is 0 Å². The Bertz CT molecular complexity index is 560. The van der Waals surface area contributed by atoms with E-state index in [0.717, 1.165) is 31.4 Å². The molecule has 0 heterocycles. The molecule has 6 heteroatoms. The van der Waals surface area contributed by atoms with Gasteiger partial charge in [0.05, 0.1) is 4.90 Å². The van der Waals surface area contributed by atoms with Gasteiger partial charge in [-0.3, -0.25) is 0 Å². The number of hydrogen-bond donors (Lipinski definition) is 3. The van der Waals surface area contributed by atoms with Crippen LogP contribution in [0.3, 0.4) is 0 Å². The Morgan fingerprint density at radius 2 is 1.84 bits per heavy atom. The molecule has 4 N–H and O–H groups in total. The molecule has 0 radical (unpaired) electrons. The van der Waals surface area contributed by atoms with Gasteiger partial charge in [-0.2, -0.15) is 0 Å². The zero-order valence-electron chi connectivity index (χ0n) is 10.7. The van der Waals surface area contributed by atoms with Crippen molar-refractivity contribution < 1.29 is 8.42 Å². The van der Waals surface area contributed by atoms with Crippen LogP contribution < -0.4 is 15.8 Å². The van der Waals surface area contributed by atoms with Crippen LogP contribution in [0.4, 0.5) is 5.69 Å². The topological polar surface area (TPSA) is 84.2 Å². The first kappa shape index (κ1) is 12.9. The molecule has 0 aromatic heterocycles. The molecule has 2 aliphatic carbocycles. The van der Waals surface area contributed by atoms with Crippen LogP contribution in [0.15, 0.2) is 29.2 Å². The highest BCUT2D eigenvalue weighted by Gasteiger charge is 2.41. The van der Waals surface area contributed by atoms with E-state index in [2.05, 4.69) is 10.0 Å². The number of hydrogen-bond acceptors (Lipinski definition) is 4. The SMILES string of the molecule is NCC1(Nc2ccc(S(=O)(=O)NC3CC3)cc2)CC1. The number of sulfonamides is 1. The molecule has 2 saturated carbocycles. The van der Waals surface area contributed by atoms with Crippen molar-refractivity contribution in [1.82, 2.24) is 4.72 Å². The molecule has 104 valence electrons. The van der Waals surface area contributed by atoms with Crippen molar-refractivity contribution in [1.29, 1.82) is 0 Å². The largest absolute Gasteiger partial charge is 0.378 e. The van der Waals surface area contributed by atoms with Gasteiger partial charge in [-0.05, 0) is 49.9 Å². The highest BCUT2D eigenvalue weighted by Crippen LogP contribution is 2.37. The molecule has 0 bridgehead atoms. The van der Waals surface area contributed by atoms with E-state index in [-0.39, 0.29) is 11.6 Å². The zero-order chi connectivity index (χ0) is 13.5. The summed E-state index contributed by atoms with van der Waals surface area (Å²) < 4.78 is 26.7. The molecule has 5 nitrogen and oxygen atoms in total. The molecule has 2 fully saturated rings. The summed E-state index contributed by atoms with van der Waals surface area (Å²) in [6.07, 6.45) is 4.04. The van der Waals surface area contributed by atoms with E-state index < -0.39 is 10.0 Å². The Balaban J connectivity index is 1.71. The smallest absolute Gasteiger partial charge is 0.240 e. The van der Waals surface area contributed by atoms with E-state index in [4.69, 9.17) is 5.73 Å². The van der Waals surface area contributed by atoms with Crippen molar-refractivity contribution in [2.45, 2.75) is 42.2 Å². The molecule has 0 atom stereocenters. The van der Waals surface area contributed by atoms with Gasteiger partial charge in [-0.15, -0.1) is 0 Å². The monoisotopic (exact) mass is 281 g/mol. The second-order valence-electron chi connectivity index (χ2n) is 5.53. The lowest BCUT2D eigenvalue weighted by Gasteiger charge is -2.16. The van der Waals surface area contributed by atoms with Gasteiger partial charge in [0.25, 0.3) is 0 Å². The van der Waals surface area contributed by atoms with E-state index in [1.807, 2.05) is 0 Å². The normalized spacial score (nSPS) is 21.1. The highest BCUT2D eigenvalue weighted by molar-refractivity contribution is 7.89. The lowest BCUT2D eigenvalue weighted by atomic mass is 10.2. The van der Waals surface area contributed by atoms with Gasteiger partial charge in [-0.25, -0.2) is 13.1 Å². The molecule has 1 aromatic carbocycles. The van der Waals surface area contributed by atoms with Crippen LogP contribution in [0.5, 0.6) is 0 Å². The maximum atomic E-state index is 12.0. The molecular weight excluding hydrogens is 262 g/mol. The van der Waals surface area contributed by atoms with Gasteiger partial charge in [-0.1, -0.05) is 0 Å². The number of benzene rings is 1. The average Bonchev–Trinajstić information content (AvgIpc) is 3.28. The fraction of sp³-hybridized carbons (Fsp3) is 0.538. The third-order valence-corrected chi connectivity index (χ3v) is 5.25. The zero-order valence-corrected chi connectivity index (χ0v) is 11.5. The van der Waals surface area contributed by atoms with Crippen molar-refractivity contribution in [2.75, 3.05) is 11.9 Å². The molecule has 19 heavy (non-hydrogen) atoms. The summed E-state index contributed by atoms with van der Waals surface area (Å²) in [5.74, 6) is 0. The molecule has 2 aliphatic rings. The fourth-order valence-electron chi connectivity index (χ4n) is 2.04. The van der Waals surface area contributed by atoms with E-state index in [0.29, 0.717) is 11.4 Å². The van der Waals surface area contributed by atoms with Crippen LogP contribution in [0.1, 0.15) is 25.7 Å². The first-order valence-corrected chi connectivity index (χ1v) is 8.12. The Morgan fingerprint density at radius 1 is 1.21 bits per heavy atom. The van der Waals surface area contributed by atoms with Gasteiger partial charge in [0.15, 0.2) is 0 Å². The van der Waals surface area contributed by atoms with Crippen molar-refractivity contribution in [2.24, 2.45) is 5.73 Å². The number of nitrogens with two attached hydrogens (primary N) is 1. The van der Waals surface area contributed by atoms with E-state index in [9.17, 15) is 8.42 Å². The number of rotatable bonds is 6. The lowest BCUT2D eigenvalue weighted by molar-refractivity contribution is 0.581. The van der Waals surface area contributed by atoms with Gasteiger partial charge in [0, 0.05) is 23.8 Å². The minimum Gasteiger partial charge on any atom is -0.378 e. The molecule has 0 saturated heterocycles. The van der Waals surface area contributed by atoms with Crippen molar-refractivity contribution in [3.8, 4) is 0 Å². The van der Waals surface area contributed by atoms with Crippen LogP contribution in [-0.4, -0.2) is 26.5 Å². The van der Waals surface area contributed by atoms with E-state index in [1.165, 1.54) is 0 Å². The molecular formula is C13H19N3O2S. The van der Waals surface area contributed by atoms with Crippen LogP contribution in [-0.2, 0) is 10.0 Å². The van der Waals surface area contributed by atoms with E-state index >= 15 is 0 Å². The molecule has 0 aliphatic heterocycles. The van der Waals surface area contributed by atoms with Gasteiger partial charge < -0.3 is 11.1 Å². The van der Waals surface area contributed by atoms with Crippen LogP contribution in [0, 0.1) is 0 Å². The second kappa shape index (κ2) is 4.47. The van der Waals surface area contributed by atoms with Crippen molar-refractivity contribution >= 4 is 15.7 Å². The fourth-order valence-corrected chi connectivity index (χ4v) is 3.35. The molecule has 0 spiro atoms.